The van der Waals surface area contributed by atoms with Crippen LogP contribution in [0.2, 0.25) is 0 Å². The van der Waals surface area contributed by atoms with Gasteiger partial charge in [0.25, 0.3) is 0 Å². The van der Waals surface area contributed by atoms with Crippen LogP contribution in [0.3, 0.4) is 0 Å². The molecule has 1 aliphatic heterocycles. The van der Waals surface area contributed by atoms with Crippen LogP contribution in [0.4, 0.5) is 0 Å². The van der Waals surface area contributed by atoms with E-state index in [0.717, 1.165) is 6.42 Å². The highest BCUT2D eigenvalue weighted by Crippen LogP contribution is 2.22. The fourth-order valence-electron chi connectivity index (χ4n) is 2.32. The molecular formula is C13H18N2O2S2. The van der Waals surface area contributed by atoms with Crippen LogP contribution in [0.1, 0.15) is 24.5 Å². The molecule has 0 spiro atoms. The number of hydrogen-bond acceptors (Lipinski definition) is 3. The van der Waals surface area contributed by atoms with E-state index in [9.17, 15) is 8.42 Å². The number of nitrogens with two attached hydrogens (primary N) is 1. The van der Waals surface area contributed by atoms with Crippen LogP contribution in [-0.4, -0.2) is 30.8 Å². The highest BCUT2D eigenvalue weighted by Gasteiger charge is 2.29. The highest BCUT2D eigenvalue weighted by atomic mass is 32.2. The second-order valence-corrected chi connectivity index (χ2v) is 7.44. The molecule has 6 heteroatoms. The second-order valence-electron chi connectivity index (χ2n) is 5.03. The number of thiocarbonyl (C=S) groups is 1. The summed E-state index contributed by atoms with van der Waals surface area (Å²) in [6, 6.07) is 7.15. The maximum atomic E-state index is 12.4. The van der Waals surface area contributed by atoms with Crippen LogP contribution >= 0.6 is 12.2 Å². The Balaban J connectivity index is 2.23. The summed E-state index contributed by atoms with van der Waals surface area (Å²) in [4.78, 5) is 0.237. The second kappa shape index (κ2) is 5.56. The van der Waals surface area contributed by atoms with E-state index in [2.05, 4.69) is 6.92 Å². The van der Waals surface area contributed by atoms with E-state index in [1.807, 2.05) is 6.07 Å². The summed E-state index contributed by atoms with van der Waals surface area (Å²) in [5.74, 6) is 0.397. The Morgan fingerprint density at radius 1 is 1.47 bits per heavy atom. The Kier molecular flexibility index (Phi) is 4.23. The molecule has 1 unspecified atom stereocenters. The van der Waals surface area contributed by atoms with E-state index in [1.165, 1.54) is 0 Å². The van der Waals surface area contributed by atoms with Crippen LogP contribution < -0.4 is 5.73 Å². The van der Waals surface area contributed by atoms with Gasteiger partial charge in [-0.15, -0.1) is 0 Å². The Morgan fingerprint density at radius 2 is 2.16 bits per heavy atom. The minimum Gasteiger partial charge on any atom is -0.389 e. The predicted octanol–water partition coefficient (Wildman–Crippen LogP) is 1.49. The number of hydrogen-bond donors (Lipinski definition) is 1. The van der Waals surface area contributed by atoms with Crippen molar-refractivity contribution >= 4 is 27.2 Å². The zero-order chi connectivity index (χ0) is 14.0. The van der Waals surface area contributed by atoms with Crippen molar-refractivity contribution in [3.63, 3.8) is 0 Å². The van der Waals surface area contributed by atoms with Crippen molar-refractivity contribution in [2.75, 3.05) is 13.1 Å². The Hall–Kier alpha value is -0.980. The maximum absolute atomic E-state index is 12.4. The standard InChI is InChI=1S/C13H18N2O2S2/c1-10-6-7-15(8-10)19(16,17)9-11-4-2-3-5-12(11)13(14)18/h2-5,10H,6-9H2,1H3,(H2,14,18). The summed E-state index contributed by atoms with van der Waals surface area (Å²) in [6.07, 6.45) is 0.927. The third kappa shape index (κ3) is 3.32. The molecule has 4 nitrogen and oxygen atoms in total. The molecular weight excluding hydrogens is 280 g/mol. The van der Waals surface area contributed by atoms with E-state index < -0.39 is 10.0 Å². The van der Waals surface area contributed by atoms with Crippen LogP contribution in [0.15, 0.2) is 24.3 Å². The summed E-state index contributed by atoms with van der Waals surface area (Å²) in [7, 11) is -3.28. The van der Waals surface area contributed by atoms with Gasteiger partial charge in [-0.25, -0.2) is 12.7 Å². The van der Waals surface area contributed by atoms with Gasteiger partial charge in [-0.2, -0.15) is 0 Å². The molecule has 1 atom stereocenters. The first-order valence-electron chi connectivity index (χ1n) is 6.25. The van der Waals surface area contributed by atoms with Crippen LogP contribution in [-0.2, 0) is 15.8 Å². The minimum atomic E-state index is -3.28. The molecule has 0 amide bonds. The zero-order valence-electron chi connectivity index (χ0n) is 10.9. The van der Waals surface area contributed by atoms with Crippen molar-refractivity contribution in [2.24, 2.45) is 11.7 Å². The van der Waals surface area contributed by atoms with Crippen LogP contribution in [0.5, 0.6) is 0 Å². The summed E-state index contributed by atoms with van der Waals surface area (Å²) in [6.45, 7) is 3.29. The van der Waals surface area contributed by atoms with Gasteiger partial charge in [0.1, 0.15) is 4.99 Å². The van der Waals surface area contributed by atoms with E-state index in [1.54, 1.807) is 22.5 Å². The molecule has 1 aromatic carbocycles. The predicted molar refractivity (Wildman–Crippen MR) is 80.3 cm³/mol. The van der Waals surface area contributed by atoms with Crippen molar-refractivity contribution in [3.05, 3.63) is 35.4 Å². The molecule has 0 aromatic heterocycles. The van der Waals surface area contributed by atoms with Gasteiger partial charge in [0.2, 0.25) is 10.0 Å². The molecule has 1 saturated heterocycles. The van der Waals surface area contributed by atoms with E-state index in [0.29, 0.717) is 30.1 Å². The molecule has 19 heavy (non-hydrogen) atoms. The van der Waals surface area contributed by atoms with Crippen molar-refractivity contribution in [1.82, 2.24) is 4.31 Å². The number of nitrogens with zero attached hydrogens (tertiary/aromatic N) is 1. The molecule has 104 valence electrons. The van der Waals surface area contributed by atoms with Gasteiger partial charge >= 0.3 is 0 Å². The largest absolute Gasteiger partial charge is 0.389 e. The molecule has 0 bridgehead atoms. The molecule has 0 radical (unpaired) electrons. The van der Waals surface area contributed by atoms with Crippen LogP contribution in [0.25, 0.3) is 0 Å². The zero-order valence-corrected chi connectivity index (χ0v) is 12.5. The first kappa shape index (κ1) is 14.4. The summed E-state index contributed by atoms with van der Waals surface area (Å²) < 4.78 is 26.3. The molecule has 1 heterocycles. The third-order valence-electron chi connectivity index (χ3n) is 3.40. The van der Waals surface area contributed by atoms with Gasteiger partial charge in [-0.1, -0.05) is 43.4 Å². The highest BCUT2D eigenvalue weighted by molar-refractivity contribution is 7.88. The molecule has 0 aliphatic carbocycles. The van der Waals surface area contributed by atoms with Crippen molar-refractivity contribution in [1.29, 1.82) is 0 Å². The molecule has 2 N–H and O–H groups in total. The first-order valence-corrected chi connectivity index (χ1v) is 8.27. The Bertz CT molecular complexity index is 584. The van der Waals surface area contributed by atoms with Crippen molar-refractivity contribution < 1.29 is 8.42 Å². The van der Waals surface area contributed by atoms with Gasteiger partial charge < -0.3 is 5.73 Å². The Labute approximate surface area is 119 Å². The van der Waals surface area contributed by atoms with Gasteiger partial charge in [-0.3, -0.25) is 0 Å². The van der Waals surface area contributed by atoms with E-state index in [-0.39, 0.29) is 10.7 Å². The minimum absolute atomic E-state index is 0.0345. The smallest absolute Gasteiger partial charge is 0.218 e. The third-order valence-corrected chi connectivity index (χ3v) is 5.41. The lowest BCUT2D eigenvalue weighted by atomic mass is 10.1. The number of benzene rings is 1. The lowest BCUT2D eigenvalue weighted by Gasteiger charge is -2.17. The normalized spacial score (nSPS) is 20.6. The van der Waals surface area contributed by atoms with E-state index >= 15 is 0 Å². The van der Waals surface area contributed by atoms with Gasteiger partial charge in [0.15, 0.2) is 0 Å². The van der Waals surface area contributed by atoms with Crippen LogP contribution in [0, 0.1) is 5.92 Å². The monoisotopic (exact) mass is 298 g/mol. The van der Waals surface area contributed by atoms with Crippen molar-refractivity contribution in [2.45, 2.75) is 19.1 Å². The average molecular weight is 298 g/mol. The van der Waals surface area contributed by atoms with E-state index in [4.69, 9.17) is 18.0 Å². The quantitative estimate of drug-likeness (QED) is 0.856. The van der Waals surface area contributed by atoms with Gasteiger partial charge in [0.05, 0.1) is 5.75 Å². The summed E-state index contributed by atoms with van der Waals surface area (Å²) in [5.41, 5.74) is 6.95. The van der Waals surface area contributed by atoms with Crippen molar-refractivity contribution in [3.8, 4) is 0 Å². The molecule has 1 fully saturated rings. The number of sulfonamides is 1. The lowest BCUT2D eigenvalue weighted by molar-refractivity contribution is 0.463. The van der Waals surface area contributed by atoms with Gasteiger partial charge in [0, 0.05) is 18.7 Å². The molecule has 1 aliphatic rings. The molecule has 0 saturated carbocycles. The molecule has 1 aromatic rings. The first-order chi connectivity index (χ1) is 8.90. The number of rotatable bonds is 4. The SMILES string of the molecule is CC1CCN(S(=O)(=O)Cc2ccccc2C(N)=S)C1. The lowest BCUT2D eigenvalue weighted by Crippen LogP contribution is -2.30. The summed E-state index contributed by atoms with van der Waals surface area (Å²) in [5, 5.41) is 0. The van der Waals surface area contributed by atoms with Gasteiger partial charge in [-0.05, 0) is 17.9 Å². The summed E-state index contributed by atoms with van der Waals surface area (Å²) >= 11 is 4.96. The molecule has 2 rings (SSSR count). The average Bonchev–Trinajstić information content (AvgIpc) is 2.76. The fourth-order valence-corrected chi connectivity index (χ4v) is 4.21. The maximum Gasteiger partial charge on any atom is 0.218 e. The Morgan fingerprint density at radius 3 is 2.74 bits per heavy atom. The fraction of sp³-hybridized carbons (Fsp3) is 0.462. The topological polar surface area (TPSA) is 63.4 Å².